The van der Waals surface area contributed by atoms with Crippen molar-refractivity contribution in [3.05, 3.63) is 0 Å². The zero-order valence-corrected chi connectivity index (χ0v) is 46.8. The van der Waals surface area contributed by atoms with Gasteiger partial charge in [-0.05, 0) is 80.1 Å². The number of carboxylic acid groups (broad SMARTS) is 3. The summed E-state index contributed by atoms with van der Waals surface area (Å²) in [7, 11) is 0. The summed E-state index contributed by atoms with van der Waals surface area (Å²) in [5.41, 5.74) is 15.8. The van der Waals surface area contributed by atoms with Crippen molar-refractivity contribution in [1.82, 2.24) is 63.8 Å². The average molecular weight is 1200 g/mol. The van der Waals surface area contributed by atoms with Crippen molar-refractivity contribution in [3.8, 4) is 0 Å². The lowest BCUT2D eigenvalue weighted by atomic mass is 10.1. The smallest absolute Gasteiger partial charge is 0.303 e. The molecule has 0 aromatic heterocycles. The van der Waals surface area contributed by atoms with Gasteiger partial charge in [0, 0.05) is 38.5 Å². The van der Waals surface area contributed by atoms with Crippen molar-refractivity contribution in [2.24, 2.45) is 17.2 Å². The molecule has 468 valence electrons. The Labute approximate surface area is 479 Å². The zero-order valence-electron chi connectivity index (χ0n) is 46.8. The molecule has 12 unspecified atom stereocenters. The molecule has 1 fully saturated rings. The van der Waals surface area contributed by atoms with Crippen molar-refractivity contribution in [3.63, 3.8) is 0 Å². The van der Waals surface area contributed by atoms with Crippen molar-refractivity contribution in [2.45, 2.75) is 191 Å². The van der Waals surface area contributed by atoms with Crippen LogP contribution in [0.4, 0.5) is 0 Å². The van der Waals surface area contributed by atoms with E-state index < -0.39 is 256 Å². The molecule has 36 nitrogen and oxygen atoms in total. The summed E-state index contributed by atoms with van der Waals surface area (Å²) >= 11 is 0. The monoisotopic (exact) mass is 1200 g/mol. The van der Waals surface area contributed by atoms with Crippen LogP contribution in [0.5, 0.6) is 0 Å². The molecule has 0 aromatic carbocycles. The Morgan fingerprint density at radius 2 is 0.393 bits per heavy atom. The van der Waals surface area contributed by atoms with Crippen molar-refractivity contribution >= 4 is 107 Å². The molecule has 12 atom stereocenters. The third kappa shape index (κ3) is 27.3. The quantitative estimate of drug-likeness (QED) is 0.0606. The van der Waals surface area contributed by atoms with E-state index in [0.717, 1.165) is 41.5 Å². The van der Waals surface area contributed by atoms with E-state index in [1.807, 2.05) is 0 Å². The lowest BCUT2D eigenvalue weighted by Crippen LogP contribution is -2.60. The number of aliphatic carboxylic acids is 3. The maximum Gasteiger partial charge on any atom is 0.303 e. The van der Waals surface area contributed by atoms with E-state index in [9.17, 15) is 102 Å². The molecule has 0 aliphatic carbocycles. The van der Waals surface area contributed by atoms with Crippen LogP contribution in [0.15, 0.2) is 0 Å². The fourth-order valence-corrected chi connectivity index (χ4v) is 7.33. The molecule has 1 saturated heterocycles. The molecular weight excluding hydrogens is 1120 g/mol. The molecule has 1 aliphatic heterocycles. The second-order valence-corrected chi connectivity index (χ2v) is 19.6. The van der Waals surface area contributed by atoms with Gasteiger partial charge in [0.05, 0.1) is 0 Å². The van der Waals surface area contributed by atoms with Gasteiger partial charge < -0.3 is 96.3 Å². The van der Waals surface area contributed by atoms with Crippen molar-refractivity contribution in [1.29, 1.82) is 0 Å². The van der Waals surface area contributed by atoms with Gasteiger partial charge in [-0.2, -0.15) is 0 Å². The Morgan fingerprint density at radius 3 is 0.512 bits per heavy atom. The second kappa shape index (κ2) is 35.3. The molecule has 15 amide bonds. The first kappa shape index (κ1) is 72.5. The number of hydrogen-bond acceptors (Lipinski definition) is 18. The van der Waals surface area contributed by atoms with E-state index in [0.29, 0.717) is 0 Å². The zero-order chi connectivity index (χ0) is 64.3. The normalized spacial score (nSPS) is 26.6. The van der Waals surface area contributed by atoms with Crippen LogP contribution in [-0.2, 0) is 86.3 Å². The highest BCUT2D eigenvalue weighted by Crippen LogP contribution is 2.08. The van der Waals surface area contributed by atoms with Crippen LogP contribution >= 0.6 is 0 Å². The number of carboxylic acids is 3. The molecule has 1 aliphatic rings. The van der Waals surface area contributed by atoms with Crippen molar-refractivity contribution in [2.75, 3.05) is 0 Å². The molecule has 0 saturated carbocycles. The third-order valence-corrected chi connectivity index (χ3v) is 12.3. The number of primary amides is 3. The molecule has 0 radical (unpaired) electrons. The molecule has 21 N–H and O–H groups in total. The number of amides is 15. The Morgan fingerprint density at radius 1 is 0.262 bits per heavy atom. The standard InChI is InChI=1S/C48H75N15O21/c1-19-37(73)58-25(7-13-31(49)64)43(79)52-23(5)41(77)62-29(11-17-35(69)70)47(83)56-21(3)39(75)60-27(9-15-33(51)66)45(81)54-24(6)42(78)63-30(12-18-36(71)72)48(84)57-20(2)38(74)59-26(8-14-32(50)65)44(80)53-22(4)40(76)61-28(46(82)55-19)10-16-34(67)68/h19-30H,7-18H2,1-6H3,(H2,49,64)(H2,50,65)(H2,51,66)(H,52,79)(H,53,80)(H,54,81)(H,55,82)(H,56,83)(H,57,84)(H,58,73)(H,59,74)(H,60,75)(H,61,76)(H,62,77)(H,63,78)(H,67,68)(H,69,70)(H,71,72). The average Bonchev–Trinajstić information content (AvgIpc) is 3.39. The lowest BCUT2D eigenvalue weighted by Gasteiger charge is -2.27. The molecular formula is C48H75N15O21. The second-order valence-electron chi connectivity index (χ2n) is 19.6. The van der Waals surface area contributed by atoms with Crippen molar-refractivity contribution < 1.29 is 102 Å². The lowest BCUT2D eigenvalue weighted by molar-refractivity contribution is -0.139. The molecule has 84 heavy (non-hydrogen) atoms. The SMILES string of the molecule is CC1NC(=O)C(CCC(N)=O)NC(=O)C(C)NC(=O)C(CCC(=O)O)NC(=O)C(C)NC(=O)C(CCC(N)=O)NC(=O)C(C)NC(=O)C(CCC(=O)O)NC(=O)C(C)NC(=O)C(CCC(N)=O)NC(=O)C(C)NC(=O)C(CCC(=O)O)NC1=O. The highest BCUT2D eigenvalue weighted by atomic mass is 16.4. The van der Waals surface area contributed by atoms with Gasteiger partial charge in [0.15, 0.2) is 0 Å². The van der Waals surface area contributed by atoms with Gasteiger partial charge >= 0.3 is 17.9 Å². The van der Waals surface area contributed by atoms with Gasteiger partial charge in [-0.3, -0.25) is 86.3 Å². The summed E-state index contributed by atoms with van der Waals surface area (Å²) in [6, 6.07) is -20.0. The van der Waals surface area contributed by atoms with Gasteiger partial charge in [0.2, 0.25) is 88.6 Å². The van der Waals surface area contributed by atoms with Crippen LogP contribution in [0.1, 0.15) is 119 Å². The summed E-state index contributed by atoms with van der Waals surface area (Å²) in [5.74, 6) is -20.9. The minimum atomic E-state index is -1.75. The van der Waals surface area contributed by atoms with Crippen LogP contribution in [0.3, 0.4) is 0 Å². The van der Waals surface area contributed by atoms with Crippen LogP contribution in [0, 0.1) is 0 Å². The Bertz CT molecular complexity index is 2100. The summed E-state index contributed by atoms with van der Waals surface area (Å²) in [4.78, 5) is 233. The summed E-state index contributed by atoms with van der Waals surface area (Å²) in [5, 5.41) is 55.2. The maximum atomic E-state index is 13.6. The predicted molar refractivity (Wildman–Crippen MR) is 283 cm³/mol. The molecule has 36 heteroatoms. The Balaban J connectivity index is 3.89. The number of hydrogen-bond donors (Lipinski definition) is 18. The largest absolute Gasteiger partial charge is 0.481 e. The number of rotatable bonds is 18. The fourth-order valence-electron chi connectivity index (χ4n) is 7.33. The van der Waals surface area contributed by atoms with E-state index >= 15 is 0 Å². The first-order chi connectivity index (χ1) is 39.0. The number of nitrogens with one attached hydrogen (secondary N) is 12. The van der Waals surface area contributed by atoms with Gasteiger partial charge in [-0.25, -0.2) is 0 Å². The number of carbonyl (C=O) groups excluding carboxylic acids is 15. The first-order valence-corrected chi connectivity index (χ1v) is 26.2. The van der Waals surface area contributed by atoms with Crippen LogP contribution in [-0.4, -0.2) is 194 Å². The van der Waals surface area contributed by atoms with Gasteiger partial charge in [0.1, 0.15) is 72.5 Å². The maximum absolute atomic E-state index is 13.6. The molecule has 0 spiro atoms. The summed E-state index contributed by atoms with van der Waals surface area (Å²) in [6.07, 6.45) is -7.23. The summed E-state index contributed by atoms with van der Waals surface area (Å²) in [6.45, 7) is 6.57. The van der Waals surface area contributed by atoms with Gasteiger partial charge in [-0.1, -0.05) is 0 Å². The minimum Gasteiger partial charge on any atom is -0.481 e. The number of nitrogens with two attached hydrogens (primary N) is 3. The van der Waals surface area contributed by atoms with Crippen LogP contribution in [0.25, 0.3) is 0 Å². The minimum absolute atomic E-state index is 0.509. The Hall–Kier alpha value is -9.54. The first-order valence-electron chi connectivity index (χ1n) is 26.2. The summed E-state index contributed by atoms with van der Waals surface area (Å²) < 4.78 is 0. The third-order valence-electron chi connectivity index (χ3n) is 12.3. The van der Waals surface area contributed by atoms with Crippen LogP contribution in [0.2, 0.25) is 0 Å². The highest BCUT2D eigenvalue weighted by molar-refractivity contribution is 6.00. The highest BCUT2D eigenvalue weighted by Gasteiger charge is 2.35. The molecule has 1 rings (SSSR count). The van der Waals surface area contributed by atoms with E-state index in [4.69, 9.17) is 17.2 Å². The Kier molecular flexibility index (Phi) is 30.5. The van der Waals surface area contributed by atoms with Gasteiger partial charge in [0.25, 0.3) is 0 Å². The van der Waals surface area contributed by atoms with E-state index in [-0.39, 0.29) is 0 Å². The van der Waals surface area contributed by atoms with Gasteiger partial charge in [-0.15, -0.1) is 0 Å². The fraction of sp³-hybridized carbons (Fsp3) is 0.625. The molecule has 0 bridgehead atoms. The predicted octanol–water partition coefficient (Wildman–Crippen LogP) is -8.67. The van der Waals surface area contributed by atoms with E-state index in [1.165, 1.54) is 0 Å². The van der Waals surface area contributed by atoms with E-state index in [1.54, 1.807) is 0 Å². The van der Waals surface area contributed by atoms with Crippen LogP contribution < -0.4 is 81.0 Å². The number of carbonyl (C=O) groups is 18. The van der Waals surface area contributed by atoms with E-state index in [2.05, 4.69) is 63.8 Å². The topological polar surface area (TPSA) is 590 Å². The molecule has 0 aromatic rings. The molecule has 1 heterocycles.